The van der Waals surface area contributed by atoms with Gasteiger partial charge < -0.3 is 4.90 Å². The van der Waals surface area contributed by atoms with E-state index in [1.165, 1.54) is 0 Å². The molecule has 0 aromatic rings. The zero-order chi connectivity index (χ0) is 8.91. The highest BCUT2D eigenvalue weighted by Gasteiger charge is 2.07. The van der Waals surface area contributed by atoms with E-state index in [2.05, 4.69) is 0 Å². The SMILES string of the molecule is CCN(CC)CCS(=O)(=O)Cl.Cl. The molecule has 0 amide bonds. The van der Waals surface area contributed by atoms with Crippen LogP contribution >= 0.6 is 23.1 Å². The maximum absolute atomic E-state index is 10.5. The molecule has 0 aliphatic carbocycles. The van der Waals surface area contributed by atoms with Gasteiger partial charge >= 0.3 is 0 Å². The minimum atomic E-state index is -3.31. The van der Waals surface area contributed by atoms with Crippen molar-refractivity contribution in [1.29, 1.82) is 0 Å². The van der Waals surface area contributed by atoms with E-state index in [0.717, 1.165) is 13.1 Å². The summed E-state index contributed by atoms with van der Waals surface area (Å²) in [5.41, 5.74) is 0. The molecule has 0 spiro atoms. The molecule has 12 heavy (non-hydrogen) atoms. The van der Waals surface area contributed by atoms with Crippen LogP contribution < -0.4 is 0 Å². The smallest absolute Gasteiger partial charge is 0.233 e. The summed E-state index contributed by atoms with van der Waals surface area (Å²) in [5, 5.41) is 0. The number of rotatable bonds is 5. The predicted octanol–water partition coefficient (Wildman–Crippen LogP) is 1.32. The van der Waals surface area contributed by atoms with Crippen molar-refractivity contribution in [2.45, 2.75) is 13.8 Å². The summed E-state index contributed by atoms with van der Waals surface area (Å²) in [4.78, 5) is 2.01. The maximum Gasteiger partial charge on any atom is 0.233 e. The molecule has 0 bridgehead atoms. The van der Waals surface area contributed by atoms with Crippen molar-refractivity contribution < 1.29 is 8.42 Å². The monoisotopic (exact) mass is 235 g/mol. The highest BCUT2D eigenvalue weighted by atomic mass is 35.7. The van der Waals surface area contributed by atoms with Gasteiger partial charge in [-0.15, -0.1) is 12.4 Å². The molecule has 0 atom stereocenters. The van der Waals surface area contributed by atoms with Crippen LogP contribution in [0.2, 0.25) is 0 Å². The van der Waals surface area contributed by atoms with Crippen molar-refractivity contribution in [3.05, 3.63) is 0 Å². The Labute approximate surface area is 84.9 Å². The van der Waals surface area contributed by atoms with E-state index in [9.17, 15) is 8.42 Å². The lowest BCUT2D eigenvalue weighted by Crippen LogP contribution is -2.27. The molecule has 0 radical (unpaired) electrons. The predicted molar refractivity (Wildman–Crippen MR) is 54.7 cm³/mol. The van der Waals surface area contributed by atoms with Crippen LogP contribution in [0.3, 0.4) is 0 Å². The van der Waals surface area contributed by atoms with Crippen LogP contribution in [0.1, 0.15) is 13.8 Å². The molecule has 0 rings (SSSR count). The summed E-state index contributed by atoms with van der Waals surface area (Å²) in [6.45, 7) is 6.24. The molecule has 6 heteroatoms. The lowest BCUT2D eigenvalue weighted by molar-refractivity contribution is 0.322. The van der Waals surface area contributed by atoms with E-state index in [1.54, 1.807) is 0 Å². The van der Waals surface area contributed by atoms with Gasteiger partial charge in [0.25, 0.3) is 0 Å². The molecule has 0 aromatic carbocycles. The quantitative estimate of drug-likeness (QED) is 0.675. The van der Waals surface area contributed by atoms with Crippen LogP contribution in [0.25, 0.3) is 0 Å². The Morgan fingerprint density at radius 2 is 1.67 bits per heavy atom. The lowest BCUT2D eigenvalue weighted by atomic mass is 10.5. The van der Waals surface area contributed by atoms with Crippen molar-refractivity contribution in [3.8, 4) is 0 Å². The molecule has 0 aliphatic rings. The first-order valence-corrected chi connectivity index (χ1v) is 6.12. The first-order valence-electron chi connectivity index (χ1n) is 3.64. The van der Waals surface area contributed by atoms with Gasteiger partial charge in [0.2, 0.25) is 9.05 Å². The maximum atomic E-state index is 10.5. The fourth-order valence-corrected chi connectivity index (χ4v) is 1.46. The summed E-state index contributed by atoms with van der Waals surface area (Å²) < 4.78 is 21.0. The van der Waals surface area contributed by atoms with Crippen LogP contribution in [-0.4, -0.2) is 38.7 Å². The van der Waals surface area contributed by atoms with Crippen molar-refractivity contribution in [2.75, 3.05) is 25.4 Å². The van der Waals surface area contributed by atoms with E-state index in [-0.39, 0.29) is 18.2 Å². The average Bonchev–Trinajstić information content (AvgIpc) is 1.88. The van der Waals surface area contributed by atoms with E-state index in [4.69, 9.17) is 10.7 Å². The van der Waals surface area contributed by atoms with Crippen molar-refractivity contribution in [3.63, 3.8) is 0 Å². The fourth-order valence-electron chi connectivity index (χ4n) is 0.778. The summed E-state index contributed by atoms with van der Waals surface area (Å²) in [6.07, 6.45) is 0. The second-order valence-corrected chi connectivity index (χ2v) is 5.17. The van der Waals surface area contributed by atoms with Crippen LogP contribution in [0.5, 0.6) is 0 Å². The topological polar surface area (TPSA) is 37.4 Å². The summed E-state index contributed by atoms with van der Waals surface area (Å²) in [6, 6.07) is 0. The molecule has 0 heterocycles. The molecule has 0 unspecified atom stereocenters. The second-order valence-electron chi connectivity index (χ2n) is 2.27. The Balaban J connectivity index is 0. The van der Waals surface area contributed by atoms with Gasteiger partial charge in [0.1, 0.15) is 0 Å². The highest BCUT2D eigenvalue weighted by Crippen LogP contribution is 1.97. The van der Waals surface area contributed by atoms with Gasteiger partial charge in [0.15, 0.2) is 0 Å². The Hall–Kier alpha value is 0.490. The van der Waals surface area contributed by atoms with E-state index in [1.807, 2.05) is 18.7 Å². The molecule has 3 nitrogen and oxygen atoms in total. The van der Waals surface area contributed by atoms with E-state index < -0.39 is 9.05 Å². The third kappa shape index (κ3) is 8.59. The van der Waals surface area contributed by atoms with Gasteiger partial charge in [0, 0.05) is 17.2 Å². The molecule has 0 saturated heterocycles. The van der Waals surface area contributed by atoms with Crippen molar-refractivity contribution in [2.24, 2.45) is 0 Å². The number of nitrogens with zero attached hydrogens (tertiary/aromatic N) is 1. The Morgan fingerprint density at radius 1 is 1.25 bits per heavy atom. The normalized spacial score (nSPS) is 11.3. The number of hydrogen-bond donors (Lipinski definition) is 0. The van der Waals surface area contributed by atoms with Gasteiger partial charge in [0.05, 0.1) is 5.75 Å². The Kier molecular flexibility index (Phi) is 8.68. The molecule has 0 fully saturated rings. The molecule has 0 aromatic heterocycles. The van der Waals surface area contributed by atoms with E-state index >= 15 is 0 Å². The van der Waals surface area contributed by atoms with Crippen LogP contribution in [0.4, 0.5) is 0 Å². The van der Waals surface area contributed by atoms with Crippen LogP contribution in [-0.2, 0) is 9.05 Å². The molecule has 0 saturated carbocycles. The number of halogens is 2. The van der Waals surface area contributed by atoms with Crippen molar-refractivity contribution in [1.82, 2.24) is 4.90 Å². The van der Waals surface area contributed by atoms with Crippen LogP contribution in [0.15, 0.2) is 0 Å². The number of hydrogen-bond acceptors (Lipinski definition) is 3. The summed E-state index contributed by atoms with van der Waals surface area (Å²) in [7, 11) is 1.73. The molecule has 76 valence electrons. The zero-order valence-electron chi connectivity index (χ0n) is 7.29. The zero-order valence-corrected chi connectivity index (χ0v) is 9.68. The van der Waals surface area contributed by atoms with Gasteiger partial charge in [-0.05, 0) is 13.1 Å². The van der Waals surface area contributed by atoms with Gasteiger partial charge in [-0.25, -0.2) is 8.42 Å². The van der Waals surface area contributed by atoms with Crippen LogP contribution in [0, 0.1) is 0 Å². The first kappa shape index (κ1) is 15.0. The van der Waals surface area contributed by atoms with E-state index in [0.29, 0.717) is 6.54 Å². The Bertz CT molecular complexity index is 190. The first-order chi connectivity index (χ1) is 4.99. The minimum absolute atomic E-state index is 0. The lowest BCUT2D eigenvalue weighted by Gasteiger charge is -2.16. The van der Waals surface area contributed by atoms with Gasteiger partial charge in [-0.2, -0.15) is 0 Å². The van der Waals surface area contributed by atoms with Gasteiger partial charge in [-0.1, -0.05) is 13.8 Å². The standard InChI is InChI=1S/C6H14ClNO2S.ClH/c1-3-8(4-2)5-6-11(7,9)10;/h3-6H2,1-2H3;1H. The molecule has 0 N–H and O–H groups in total. The molecular weight excluding hydrogens is 221 g/mol. The minimum Gasteiger partial charge on any atom is -0.303 e. The average molecular weight is 236 g/mol. The fraction of sp³-hybridized carbons (Fsp3) is 1.00. The largest absolute Gasteiger partial charge is 0.303 e. The molecule has 0 aliphatic heterocycles. The van der Waals surface area contributed by atoms with Gasteiger partial charge in [-0.3, -0.25) is 0 Å². The highest BCUT2D eigenvalue weighted by molar-refractivity contribution is 8.13. The Morgan fingerprint density at radius 3 is 1.92 bits per heavy atom. The summed E-state index contributed by atoms with van der Waals surface area (Å²) >= 11 is 0. The van der Waals surface area contributed by atoms with Crippen molar-refractivity contribution >= 4 is 32.1 Å². The third-order valence-corrected chi connectivity index (χ3v) is 2.68. The second kappa shape index (κ2) is 6.95. The third-order valence-electron chi connectivity index (χ3n) is 1.55. The summed E-state index contributed by atoms with van der Waals surface area (Å²) in [5.74, 6) is 0.0379. The molecular formula is C6H15Cl2NO2S.